The summed E-state index contributed by atoms with van der Waals surface area (Å²) in [6, 6.07) is 0. The summed E-state index contributed by atoms with van der Waals surface area (Å²) in [4.78, 5) is 8.72. The molecule has 1 aliphatic heterocycles. The van der Waals surface area contributed by atoms with Crippen LogP contribution in [-0.4, -0.2) is 39.6 Å². The van der Waals surface area contributed by atoms with Crippen LogP contribution in [0.5, 0.6) is 0 Å². The summed E-state index contributed by atoms with van der Waals surface area (Å²) < 4.78 is 10.2. The van der Waals surface area contributed by atoms with Crippen molar-refractivity contribution in [3.05, 3.63) is 0 Å². The van der Waals surface area contributed by atoms with E-state index in [4.69, 9.17) is 14.3 Å². The Morgan fingerprint density at radius 1 is 1.90 bits per heavy atom. The van der Waals surface area contributed by atoms with Crippen molar-refractivity contribution in [2.45, 2.75) is 25.2 Å². The highest BCUT2D eigenvalue weighted by Gasteiger charge is 2.23. The largest absolute Gasteiger partial charge is 0.430 e. The maximum Gasteiger partial charge on any atom is 0.257 e. The standard InChI is InChI=1S/C6H12O3Si/c1-2-6(10-7)9-4-5-3-8-5/h5-7H,2-4H2,1H3. The molecule has 0 aliphatic carbocycles. The average molecular weight is 160 g/mol. The van der Waals surface area contributed by atoms with Gasteiger partial charge in [-0.2, -0.15) is 0 Å². The molecule has 1 rings (SSSR count). The summed E-state index contributed by atoms with van der Waals surface area (Å²) in [7, 11) is -0.102. The van der Waals surface area contributed by atoms with E-state index in [1.54, 1.807) is 0 Å². The lowest BCUT2D eigenvalue weighted by Gasteiger charge is -2.09. The van der Waals surface area contributed by atoms with Gasteiger partial charge in [-0.1, -0.05) is 6.92 Å². The molecule has 1 aliphatic rings. The third-order valence-electron chi connectivity index (χ3n) is 1.40. The normalized spacial score (nSPS) is 26.4. The Hall–Kier alpha value is 0.0969. The number of hydrogen-bond donors (Lipinski definition) is 1. The molecule has 2 radical (unpaired) electrons. The molecule has 4 heteroatoms. The first-order valence-electron chi connectivity index (χ1n) is 3.49. The maximum absolute atomic E-state index is 8.72. The lowest BCUT2D eigenvalue weighted by atomic mass is 10.5. The lowest BCUT2D eigenvalue weighted by molar-refractivity contribution is 0.0815. The van der Waals surface area contributed by atoms with E-state index in [0.717, 1.165) is 13.0 Å². The van der Waals surface area contributed by atoms with E-state index >= 15 is 0 Å². The molecule has 3 nitrogen and oxygen atoms in total. The highest BCUT2D eigenvalue weighted by atomic mass is 28.2. The highest BCUT2D eigenvalue weighted by Crippen LogP contribution is 2.10. The van der Waals surface area contributed by atoms with E-state index < -0.39 is 0 Å². The Balaban J connectivity index is 1.97. The van der Waals surface area contributed by atoms with Gasteiger partial charge in [-0.25, -0.2) is 0 Å². The van der Waals surface area contributed by atoms with Gasteiger partial charge in [0.2, 0.25) is 0 Å². The van der Waals surface area contributed by atoms with E-state index in [2.05, 4.69) is 0 Å². The number of ether oxygens (including phenoxy) is 2. The van der Waals surface area contributed by atoms with Gasteiger partial charge in [0.1, 0.15) is 6.10 Å². The van der Waals surface area contributed by atoms with Gasteiger partial charge in [0.15, 0.2) is 0 Å². The molecular weight excluding hydrogens is 148 g/mol. The first kappa shape index (κ1) is 8.20. The summed E-state index contributed by atoms with van der Waals surface area (Å²) in [5, 5.41) is 0. The molecule has 0 aromatic carbocycles. The van der Waals surface area contributed by atoms with Gasteiger partial charge in [-0.05, 0) is 6.42 Å². The molecule has 10 heavy (non-hydrogen) atoms. The van der Waals surface area contributed by atoms with Crippen LogP contribution in [0.1, 0.15) is 13.3 Å². The van der Waals surface area contributed by atoms with Gasteiger partial charge in [-0.15, -0.1) is 0 Å². The Kier molecular flexibility index (Phi) is 3.34. The Morgan fingerprint density at radius 3 is 3.00 bits per heavy atom. The second-order valence-corrected chi connectivity index (χ2v) is 3.22. The molecule has 1 fully saturated rings. The van der Waals surface area contributed by atoms with Crippen LogP contribution in [0.4, 0.5) is 0 Å². The van der Waals surface area contributed by atoms with Crippen LogP contribution in [0.2, 0.25) is 0 Å². The second-order valence-electron chi connectivity index (χ2n) is 2.31. The van der Waals surface area contributed by atoms with Crippen LogP contribution in [-0.2, 0) is 9.47 Å². The van der Waals surface area contributed by atoms with Gasteiger partial charge in [0.05, 0.1) is 18.9 Å². The van der Waals surface area contributed by atoms with Crippen molar-refractivity contribution in [3.8, 4) is 0 Å². The van der Waals surface area contributed by atoms with Gasteiger partial charge in [-0.3, -0.25) is 0 Å². The topological polar surface area (TPSA) is 42.0 Å². The molecular formula is C6H12O3Si. The van der Waals surface area contributed by atoms with Crippen LogP contribution < -0.4 is 0 Å². The Labute approximate surface area is 63.3 Å². The fourth-order valence-corrected chi connectivity index (χ4v) is 0.987. The third kappa shape index (κ3) is 2.79. The summed E-state index contributed by atoms with van der Waals surface area (Å²) in [5.74, 6) is 0. The predicted octanol–water partition coefficient (Wildman–Crippen LogP) is -0.251. The fraction of sp³-hybridized carbons (Fsp3) is 1.00. The van der Waals surface area contributed by atoms with Crippen LogP contribution >= 0.6 is 0 Å². The first-order valence-corrected chi connectivity index (χ1v) is 4.52. The van der Waals surface area contributed by atoms with Crippen molar-refractivity contribution < 1.29 is 14.3 Å². The van der Waals surface area contributed by atoms with Gasteiger partial charge >= 0.3 is 0 Å². The van der Waals surface area contributed by atoms with Crippen molar-refractivity contribution in [3.63, 3.8) is 0 Å². The summed E-state index contributed by atoms with van der Waals surface area (Å²) in [6.45, 7) is 3.47. The van der Waals surface area contributed by atoms with Crippen molar-refractivity contribution in [2.24, 2.45) is 0 Å². The smallest absolute Gasteiger partial charge is 0.257 e. The second kappa shape index (κ2) is 4.08. The summed E-state index contributed by atoms with van der Waals surface area (Å²) >= 11 is 0. The lowest BCUT2D eigenvalue weighted by Crippen LogP contribution is -2.21. The zero-order valence-corrected chi connectivity index (χ0v) is 7.04. The molecule has 0 saturated carbocycles. The van der Waals surface area contributed by atoms with E-state index in [9.17, 15) is 0 Å². The van der Waals surface area contributed by atoms with Gasteiger partial charge < -0.3 is 14.3 Å². The predicted molar refractivity (Wildman–Crippen MR) is 37.7 cm³/mol. The SMILES string of the molecule is CCC(OCC1CO1)[Si]O. The number of epoxide rings is 1. The average Bonchev–Trinajstić information content (AvgIpc) is 2.74. The quantitative estimate of drug-likeness (QED) is 0.445. The minimum Gasteiger partial charge on any atom is -0.430 e. The van der Waals surface area contributed by atoms with E-state index in [-0.39, 0.29) is 15.5 Å². The zero-order valence-electron chi connectivity index (χ0n) is 6.04. The molecule has 0 aromatic rings. The van der Waals surface area contributed by atoms with Crippen molar-refractivity contribution in [1.82, 2.24) is 0 Å². The molecule has 1 heterocycles. The fourth-order valence-electron chi connectivity index (χ4n) is 0.634. The van der Waals surface area contributed by atoms with Crippen molar-refractivity contribution >= 4 is 9.76 Å². The van der Waals surface area contributed by atoms with Crippen LogP contribution in [0.15, 0.2) is 0 Å². The third-order valence-corrected chi connectivity index (χ3v) is 2.26. The van der Waals surface area contributed by atoms with Gasteiger partial charge in [0, 0.05) is 0 Å². The minimum absolute atomic E-state index is 0.0317. The monoisotopic (exact) mass is 160 g/mol. The molecule has 0 bridgehead atoms. The van der Waals surface area contributed by atoms with Crippen LogP contribution in [0.3, 0.4) is 0 Å². The molecule has 1 saturated heterocycles. The Morgan fingerprint density at radius 2 is 2.60 bits per heavy atom. The molecule has 58 valence electrons. The maximum atomic E-state index is 8.72. The number of rotatable bonds is 5. The molecule has 0 aromatic heterocycles. The number of hydrogen-bond acceptors (Lipinski definition) is 3. The molecule has 0 spiro atoms. The van der Waals surface area contributed by atoms with Crippen molar-refractivity contribution in [2.75, 3.05) is 13.2 Å². The molecule has 0 amide bonds. The van der Waals surface area contributed by atoms with E-state index in [1.165, 1.54) is 0 Å². The van der Waals surface area contributed by atoms with Gasteiger partial charge in [0.25, 0.3) is 9.76 Å². The summed E-state index contributed by atoms with van der Waals surface area (Å²) in [6.07, 6.45) is 1.19. The molecule has 1 N–H and O–H groups in total. The minimum atomic E-state index is -0.102. The highest BCUT2D eigenvalue weighted by molar-refractivity contribution is 6.27. The zero-order chi connectivity index (χ0) is 7.40. The first-order chi connectivity index (χ1) is 4.86. The van der Waals surface area contributed by atoms with E-state index in [1.807, 2.05) is 6.92 Å². The molecule has 2 atom stereocenters. The molecule has 2 unspecified atom stereocenters. The summed E-state index contributed by atoms with van der Waals surface area (Å²) in [5.41, 5.74) is 0.0317. The van der Waals surface area contributed by atoms with Crippen LogP contribution in [0, 0.1) is 0 Å². The Bertz CT molecular complexity index is 91.0. The van der Waals surface area contributed by atoms with Crippen LogP contribution in [0.25, 0.3) is 0 Å². The van der Waals surface area contributed by atoms with E-state index in [0.29, 0.717) is 12.7 Å². The van der Waals surface area contributed by atoms with Crippen molar-refractivity contribution in [1.29, 1.82) is 0 Å².